The van der Waals surface area contributed by atoms with Gasteiger partial charge in [-0.05, 0) is 31.1 Å². The molecule has 49 heavy (non-hydrogen) atoms. The Hall–Kier alpha value is -1.59. The Morgan fingerprint density at radius 1 is 0.429 bits per heavy atom. The van der Waals surface area contributed by atoms with E-state index in [2.05, 4.69) is 34.6 Å². The highest BCUT2D eigenvalue weighted by molar-refractivity contribution is 5.71. The van der Waals surface area contributed by atoms with E-state index in [-0.39, 0.29) is 31.1 Å². The molecule has 0 spiro atoms. The lowest BCUT2D eigenvalue weighted by Crippen LogP contribution is -2.30. The number of hydrogen-bond donors (Lipinski definition) is 0. The van der Waals surface area contributed by atoms with Gasteiger partial charge in [0.05, 0.1) is 0 Å². The molecule has 0 saturated heterocycles. The molecule has 0 aliphatic carbocycles. The largest absolute Gasteiger partial charge is 0.462 e. The van der Waals surface area contributed by atoms with E-state index in [4.69, 9.17) is 14.2 Å². The Morgan fingerprint density at radius 2 is 0.776 bits per heavy atom. The third kappa shape index (κ3) is 36.0. The third-order valence-corrected chi connectivity index (χ3v) is 9.83. The molecule has 0 aliphatic heterocycles. The van der Waals surface area contributed by atoms with E-state index in [0.29, 0.717) is 19.3 Å². The van der Waals surface area contributed by atoms with Crippen LogP contribution in [0.5, 0.6) is 0 Å². The van der Waals surface area contributed by atoms with E-state index >= 15 is 0 Å². The van der Waals surface area contributed by atoms with Crippen molar-refractivity contribution >= 4 is 17.9 Å². The summed E-state index contributed by atoms with van der Waals surface area (Å²) < 4.78 is 16.6. The average molecular weight is 695 g/mol. The topological polar surface area (TPSA) is 78.9 Å². The second-order valence-electron chi connectivity index (χ2n) is 15.3. The summed E-state index contributed by atoms with van der Waals surface area (Å²) in [5.41, 5.74) is 0. The minimum Gasteiger partial charge on any atom is -0.462 e. The Bertz CT molecular complexity index is 751. The second-order valence-corrected chi connectivity index (χ2v) is 15.3. The van der Waals surface area contributed by atoms with E-state index in [0.717, 1.165) is 69.6 Å². The monoisotopic (exact) mass is 695 g/mol. The standard InChI is InChI=1S/C43H82O6/c1-6-8-9-10-11-12-13-18-25-30-35-43(46)49-40(37-48-42(45)34-29-24-20-19-21-26-31-38(3)4)36-47-41(44)33-28-23-17-15-14-16-22-27-32-39(5)7-2/h38-40H,6-37H2,1-5H3/t39?,40-/m0/s1. The number of ether oxygens (including phenoxy) is 3. The maximum absolute atomic E-state index is 12.6. The van der Waals surface area contributed by atoms with Crippen LogP contribution in [0.1, 0.15) is 227 Å². The molecule has 6 heteroatoms. The predicted octanol–water partition coefficient (Wildman–Crippen LogP) is 13.0. The first-order valence-electron chi connectivity index (χ1n) is 21.3. The average Bonchev–Trinajstić information content (AvgIpc) is 3.08. The van der Waals surface area contributed by atoms with Crippen LogP contribution in [0.4, 0.5) is 0 Å². The number of carbonyl (C=O) groups excluding carboxylic acids is 3. The van der Waals surface area contributed by atoms with Gasteiger partial charge in [-0.15, -0.1) is 0 Å². The van der Waals surface area contributed by atoms with Crippen LogP contribution in [0, 0.1) is 11.8 Å². The van der Waals surface area contributed by atoms with Crippen molar-refractivity contribution in [2.24, 2.45) is 11.8 Å². The van der Waals surface area contributed by atoms with Crippen molar-refractivity contribution in [3.05, 3.63) is 0 Å². The third-order valence-electron chi connectivity index (χ3n) is 9.83. The van der Waals surface area contributed by atoms with Crippen molar-refractivity contribution in [2.75, 3.05) is 13.2 Å². The SMILES string of the molecule is CCCCCCCCCCCCC(=O)O[C@@H](COC(=O)CCCCCCCCCCC(C)CC)COC(=O)CCCCCCCCC(C)C. The minimum absolute atomic E-state index is 0.0666. The van der Waals surface area contributed by atoms with Gasteiger partial charge in [0.1, 0.15) is 13.2 Å². The lowest BCUT2D eigenvalue weighted by molar-refractivity contribution is -0.167. The lowest BCUT2D eigenvalue weighted by Gasteiger charge is -2.18. The molecule has 0 heterocycles. The van der Waals surface area contributed by atoms with Gasteiger partial charge in [-0.25, -0.2) is 0 Å². The summed E-state index contributed by atoms with van der Waals surface area (Å²) in [5, 5.41) is 0. The molecule has 0 N–H and O–H groups in total. The number of rotatable bonds is 37. The quantitative estimate of drug-likeness (QED) is 0.0366. The summed E-state index contributed by atoms with van der Waals surface area (Å²) in [6.07, 6.45) is 32.4. The molecule has 0 aromatic heterocycles. The second kappa shape index (κ2) is 36.2. The molecule has 0 rings (SSSR count). The maximum Gasteiger partial charge on any atom is 0.306 e. The van der Waals surface area contributed by atoms with Crippen molar-refractivity contribution in [1.82, 2.24) is 0 Å². The molecule has 2 atom stereocenters. The van der Waals surface area contributed by atoms with Crippen LogP contribution in [0.15, 0.2) is 0 Å². The molecular formula is C43H82O6. The lowest BCUT2D eigenvalue weighted by atomic mass is 9.99. The molecule has 6 nitrogen and oxygen atoms in total. The first-order chi connectivity index (χ1) is 23.8. The Balaban J connectivity index is 4.35. The molecule has 0 saturated carbocycles. The summed E-state index contributed by atoms with van der Waals surface area (Å²) in [6.45, 7) is 11.2. The normalized spacial score (nSPS) is 12.6. The highest BCUT2D eigenvalue weighted by atomic mass is 16.6. The number of unbranched alkanes of at least 4 members (excludes halogenated alkanes) is 21. The van der Waals surface area contributed by atoms with Crippen molar-refractivity contribution in [3.63, 3.8) is 0 Å². The zero-order chi connectivity index (χ0) is 36.2. The highest BCUT2D eigenvalue weighted by Gasteiger charge is 2.19. The summed E-state index contributed by atoms with van der Waals surface area (Å²) in [4.78, 5) is 37.5. The van der Waals surface area contributed by atoms with Crippen LogP contribution in [0.3, 0.4) is 0 Å². The van der Waals surface area contributed by atoms with Crippen molar-refractivity contribution in [1.29, 1.82) is 0 Å². The molecule has 1 unspecified atom stereocenters. The Kier molecular flexibility index (Phi) is 35.0. The van der Waals surface area contributed by atoms with Crippen molar-refractivity contribution < 1.29 is 28.6 Å². The van der Waals surface area contributed by atoms with Gasteiger partial charge >= 0.3 is 17.9 Å². The minimum atomic E-state index is -0.759. The predicted molar refractivity (Wildman–Crippen MR) is 206 cm³/mol. The molecule has 0 fully saturated rings. The fraction of sp³-hybridized carbons (Fsp3) is 0.930. The van der Waals surface area contributed by atoms with Crippen LogP contribution in [0.25, 0.3) is 0 Å². The van der Waals surface area contributed by atoms with E-state index in [1.165, 1.54) is 116 Å². The van der Waals surface area contributed by atoms with Gasteiger partial charge in [-0.3, -0.25) is 14.4 Å². The fourth-order valence-electron chi connectivity index (χ4n) is 6.19. The van der Waals surface area contributed by atoms with Gasteiger partial charge in [0.15, 0.2) is 6.10 Å². The maximum atomic E-state index is 12.6. The Morgan fingerprint density at radius 3 is 1.16 bits per heavy atom. The van der Waals surface area contributed by atoms with E-state index in [1.807, 2.05) is 0 Å². The summed E-state index contributed by atoms with van der Waals surface area (Å²) >= 11 is 0. The van der Waals surface area contributed by atoms with E-state index in [1.54, 1.807) is 0 Å². The van der Waals surface area contributed by atoms with Crippen LogP contribution in [-0.2, 0) is 28.6 Å². The van der Waals surface area contributed by atoms with Gasteiger partial charge in [0.2, 0.25) is 0 Å². The Labute approximate surface area is 304 Å². The summed E-state index contributed by atoms with van der Waals surface area (Å²) in [5.74, 6) is 0.743. The number of carbonyl (C=O) groups is 3. The first-order valence-corrected chi connectivity index (χ1v) is 21.3. The zero-order valence-electron chi connectivity index (χ0n) is 33.3. The van der Waals surface area contributed by atoms with E-state index < -0.39 is 6.10 Å². The smallest absolute Gasteiger partial charge is 0.306 e. The summed E-state index contributed by atoms with van der Waals surface area (Å²) in [6, 6.07) is 0. The molecule has 0 aromatic rings. The van der Waals surface area contributed by atoms with Gasteiger partial charge in [0, 0.05) is 19.3 Å². The van der Waals surface area contributed by atoms with Crippen molar-refractivity contribution in [2.45, 2.75) is 233 Å². The van der Waals surface area contributed by atoms with Gasteiger partial charge < -0.3 is 14.2 Å². The molecule has 0 bridgehead atoms. The van der Waals surface area contributed by atoms with Crippen LogP contribution in [-0.4, -0.2) is 37.2 Å². The number of hydrogen-bond acceptors (Lipinski definition) is 6. The van der Waals surface area contributed by atoms with Crippen LogP contribution < -0.4 is 0 Å². The van der Waals surface area contributed by atoms with Gasteiger partial charge in [-0.2, -0.15) is 0 Å². The molecule has 0 aromatic carbocycles. The van der Waals surface area contributed by atoms with Crippen LogP contribution in [0.2, 0.25) is 0 Å². The molecule has 290 valence electrons. The molecule has 0 aliphatic rings. The zero-order valence-corrected chi connectivity index (χ0v) is 33.3. The van der Waals surface area contributed by atoms with Crippen LogP contribution >= 0.6 is 0 Å². The molecule has 0 amide bonds. The number of esters is 3. The molecular weight excluding hydrogens is 612 g/mol. The van der Waals surface area contributed by atoms with Gasteiger partial charge in [0.25, 0.3) is 0 Å². The highest BCUT2D eigenvalue weighted by Crippen LogP contribution is 2.16. The van der Waals surface area contributed by atoms with Crippen molar-refractivity contribution in [3.8, 4) is 0 Å². The van der Waals surface area contributed by atoms with E-state index in [9.17, 15) is 14.4 Å². The summed E-state index contributed by atoms with van der Waals surface area (Å²) in [7, 11) is 0. The first kappa shape index (κ1) is 47.4. The fourth-order valence-corrected chi connectivity index (χ4v) is 6.19. The van der Waals surface area contributed by atoms with Gasteiger partial charge in [-0.1, -0.05) is 189 Å². The molecule has 0 radical (unpaired) electrons.